The Kier molecular flexibility index (Phi) is 9.65. The maximum atomic E-state index is 13.7. The Balaban J connectivity index is 2.69. The molecule has 0 aromatic heterocycles. The lowest BCUT2D eigenvalue weighted by Gasteiger charge is -2.26. The fraction of sp³-hybridized carbons (Fsp3) is 0.462. The summed E-state index contributed by atoms with van der Waals surface area (Å²) in [6, 6.07) is 0.358. The number of carbonyl (C=O) groups excluding carboxylic acids is 2. The Hall–Kier alpha value is -3.46. The predicted octanol–water partition coefficient (Wildman–Crippen LogP) is 8.80. The summed E-state index contributed by atoms with van der Waals surface area (Å²) in [6.45, 7) is 5.46. The van der Waals surface area contributed by atoms with Crippen molar-refractivity contribution in [3.63, 3.8) is 0 Å². The number of hydrogen-bond donors (Lipinski definition) is 0. The van der Waals surface area contributed by atoms with Gasteiger partial charge in [-0.1, -0.05) is 20.8 Å². The molecule has 0 heterocycles. The third kappa shape index (κ3) is 7.88. The molecule has 2 atom stereocenters. The van der Waals surface area contributed by atoms with E-state index in [9.17, 15) is 62.3 Å². The summed E-state index contributed by atoms with van der Waals surface area (Å²) in [6.07, 6.45) is -21.7. The maximum absolute atomic E-state index is 13.7. The van der Waals surface area contributed by atoms with Crippen molar-refractivity contribution in [2.75, 3.05) is 0 Å². The number of alkyl halides is 12. The lowest BCUT2D eigenvalue weighted by atomic mass is 9.85. The van der Waals surface area contributed by atoms with Crippen molar-refractivity contribution in [1.29, 1.82) is 0 Å². The zero-order chi connectivity index (χ0) is 32.7. The molecule has 0 spiro atoms. The molecule has 0 radical (unpaired) electrons. The molecule has 2 rings (SSSR count). The summed E-state index contributed by atoms with van der Waals surface area (Å²) >= 11 is 0. The largest absolute Gasteiger partial charge is 0.425 e. The smallest absolute Gasteiger partial charge is 0.420 e. The van der Waals surface area contributed by atoms with Gasteiger partial charge in [0.05, 0.1) is 22.3 Å². The number of aryl methyl sites for hydroxylation is 2. The monoisotopic (exact) mass is 626 g/mol. The van der Waals surface area contributed by atoms with Crippen LogP contribution in [0.1, 0.15) is 54.2 Å². The van der Waals surface area contributed by atoms with E-state index in [1.165, 1.54) is 13.8 Å². The summed E-state index contributed by atoms with van der Waals surface area (Å²) in [7, 11) is 0. The summed E-state index contributed by atoms with van der Waals surface area (Å²) in [5.74, 6) is -11.9. The van der Waals surface area contributed by atoms with Crippen LogP contribution in [0.2, 0.25) is 0 Å². The molecule has 0 saturated heterocycles. The van der Waals surface area contributed by atoms with Gasteiger partial charge in [-0.25, -0.2) is 0 Å². The number of benzene rings is 2. The van der Waals surface area contributed by atoms with Crippen LogP contribution in [0.3, 0.4) is 0 Å². The lowest BCUT2D eigenvalue weighted by molar-refractivity contribution is -0.157. The zero-order valence-electron chi connectivity index (χ0n) is 22.2. The molecule has 4 nitrogen and oxygen atoms in total. The highest BCUT2D eigenvalue weighted by Crippen LogP contribution is 2.46. The Morgan fingerprint density at radius 1 is 0.595 bits per heavy atom. The molecule has 2 aromatic rings. The zero-order valence-corrected chi connectivity index (χ0v) is 22.2. The molecule has 42 heavy (non-hydrogen) atoms. The van der Waals surface area contributed by atoms with E-state index in [4.69, 9.17) is 4.74 Å². The van der Waals surface area contributed by atoms with Gasteiger partial charge in [0.25, 0.3) is 0 Å². The van der Waals surface area contributed by atoms with Crippen molar-refractivity contribution in [2.24, 2.45) is 17.8 Å². The molecule has 0 aliphatic rings. The minimum Gasteiger partial charge on any atom is -0.425 e. The van der Waals surface area contributed by atoms with Gasteiger partial charge >= 0.3 is 36.6 Å². The maximum Gasteiger partial charge on any atom is 0.420 e. The summed E-state index contributed by atoms with van der Waals surface area (Å²) in [5, 5.41) is 0. The second-order valence-electron chi connectivity index (χ2n) is 9.77. The SMILES string of the molecule is Cc1cc(C(F)(F)F)c(OC(=O)C(C(=O)Oc2c(C)cc(C(F)(F)F)cc2C(F)(F)F)C(C)C(C)C)c(C(F)(F)F)c1. The van der Waals surface area contributed by atoms with E-state index >= 15 is 0 Å². The van der Waals surface area contributed by atoms with E-state index in [-0.39, 0.29) is 24.3 Å². The summed E-state index contributed by atoms with van der Waals surface area (Å²) < 4.78 is 172. The molecule has 234 valence electrons. The Bertz CT molecular complexity index is 1300. The van der Waals surface area contributed by atoms with E-state index in [1.807, 2.05) is 0 Å². The van der Waals surface area contributed by atoms with Crippen LogP contribution in [0, 0.1) is 31.6 Å². The minimum absolute atomic E-state index is 0.217. The van der Waals surface area contributed by atoms with Crippen LogP contribution in [0.25, 0.3) is 0 Å². The summed E-state index contributed by atoms with van der Waals surface area (Å²) in [4.78, 5) is 26.1. The van der Waals surface area contributed by atoms with Gasteiger partial charge < -0.3 is 9.47 Å². The first-order chi connectivity index (χ1) is 18.8. The average molecular weight is 626 g/mol. The topological polar surface area (TPSA) is 52.6 Å². The van der Waals surface area contributed by atoms with Crippen molar-refractivity contribution in [1.82, 2.24) is 0 Å². The van der Waals surface area contributed by atoms with Crippen molar-refractivity contribution in [3.8, 4) is 11.5 Å². The second kappa shape index (κ2) is 11.7. The Morgan fingerprint density at radius 3 is 1.33 bits per heavy atom. The second-order valence-corrected chi connectivity index (χ2v) is 9.77. The highest BCUT2D eigenvalue weighted by molar-refractivity contribution is 5.97. The molecule has 2 unspecified atom stereocenters. The molecule has 16 heteroatoms. The van der Waals surface area contributed by atoms with Gasteiger partial charge in [-0.05, 0) is 61.1 Å². The number of hydrogen-bond acceptors (Lipinski definition) is 4. The van der Waals surface area contributed by atoms with Crippen LogP contribution in [-0.4, -0.2) is 11.9 Å². The highest BCUT2D eigenvalue weighted by Gasteiger charge is 2.46. The number of halogens is 12. The van der Waals surface area contributed by atoms with E-state index in [0.717, 1.165) is 20.8 Å². The van der Waals surface area contributed by atoms with Gasteiger partial charge in [-0.15, -0.1) is 0 Å². The lowest BCUT2D eigenvalue weighted by Crippen LogP contribution is -2.39. The van der Waals surface area contributed by atoms with Crippen molar-refractivity contribution < 1.29 is 71.7 Å². The van der Waals surface area contributed by atoms with E-state index in [0.29, 0.717) is 0 Å². The van der Waals surface area contributed by atoms with Gasteiger partial charge in [-0.2, -0.15) is 52.7 Å². The number of carbonyl (C=O) groups is 2. The van der Waals surface area contributed by atoms with Crippen LogP contribution in [0.15, 0.2) is 24.3 Å². The first kappa shape index (κ1) is 34.7. The van der Waals surface area contributed by atoms with Crippen LogP contribution >= 0.6 is 0 Å². The van der Waals surface area contributed by atoms with Crippen LogP contribution in [0.4, 0.5) is 52.7 Å². The van der Waals surface area contributed by atoms with Crippen LogP contribution < -0.4 is 9.47 Å². The van der Waals surface area contributed by atoms with E-state index in [1.54, 1.807) is 0 Å². The van der Waals surface area contributed by atoms with Crippen molar-refractivity contribution in [2.45, 2.75) is 59.3 Å². The molecule has 0 aliphatic carbocycles. The Morgan fingerprint density at radius 2 is 0.976 bits per heavy atom. The van der Waals surface area contributed by atoms with Crippen molar-refractivity contribution in [3.05, 3.63) is 57.6 Å². The molecule has 0 saturated carbocycles. The van der Waals surface area contributed by atoms with Crippen molar-refractivity contribution >= 4 is 11.9 Å². The molecule has 0 bridgehead atoms. The highest BCUT2D eigenvalue weighted by atomic mass is 19.4. The molecule has 0 N–H and O–H groups in total. The molecule has 0 aliphatic heterocycles. The molecular weight excluding hydrogens is 604 g/mol. The quantitative estimate of drug-likeness (QED) is 0.139. The van der Waals surface area contributed by atoms with Gasteiger partial charge in [-0.3, -0.25) is 9.59 Å². The normalized spacial score (nSPS) is 14.5. The van der Waals surface area contributed by atoms with Crippen LogP contribution in [0.5, 0.6) is 11.5 Å². The first-order valence-electron chi connectivity index (χ1n) is 11.8. The number of ether oxygens (including phenoxy) is 2. The van der Waals surface area contributed by atoms with Gasteiger partial charge in [0.15, 0.2) is 11.7 Å². The number of rotatable bonds is 6. The van der Waals surface area contributed by atoms with Gasteiger partial charge in [0.2, 0.25) is 0 Å². The van der Waals surface area contributed by atoms with E-state index < -0.39 is 99.3 Å². The number of esters is 2. The predicted molar refractivity (Wildman–Crippen MR) is 121 cm³/mol. The third-order valence-corrected chi connectivity index (χ3v) is 6.24. The average Bonchev–Trinajstić information content (AvgIpc) is 2.78. The van der Waals surface area contributed by atoms with E-state index in [2.05, 4.69) is 4.74 Å². The molecular formula is C26H22F12O4. The molecule has 0 fully saturated rings. The fourth-order valence-electron chi connectivity index (χ4n) is 3.83. The third-order valence-electron chi connectivity index (χ3n) is 6.24. The fourth-order valence-corrected chi connectivity index (χ4v) is 3.83. The van der Waals surface area contributed by atoms with Gasteiger partial charge in [0, 0.05) is 0 Å². The first-order valence-corrected chi connectivity index (χ1v) is 11.8. The van der Waals surface area contributed by atoms with Crippen LogP contribution in [-0.2, 0) is 34.3 Å². The van der Waals surface area contributed by atoms with Gasteiger partial charge in [0.1, 0.15) is 5.75 Å². The Labute approximate surface area is 230 Å². The standard InChI is InChI=1S/C26H22F12O4/c1-10(2)13(5)18(21(39)41-19-12(4)8-14(23(27,28)29)9-17(19)26(36,37)38)22(40)42-20-15(24(30,31)32)6-11(3)7-16(20)25(33,34)35/h6-10,13,18H,1-5H3. The molecule has 2 aromatic carbocycles. The minimum atomic E-state index is -5.52. The molecule has 0 amide bonds. The summed E-state index contributed by atoms with van der Waals surface area (Å²) in [5.41, 5.74) is -9.23.